The van der Waals surface area contributed by atoms with Gasteiger partial charge >= 0.3 is 0 Å². The third-order valence-corrected chi connectivity index (χ3v) is 4.24. The van der Waals surface area contributed by atoms with Gasteiger partial charge in [0.15, 0.2) is 4.34 Å². The van der Waals surface area contributed by atoms with Crippen LogP contribution in [-0.2, 0) is 9.59 Å². The first-order chi connectivity index (χ1) is 8.65. The zero-order chi connectivity index (χ0) is 13.0. The first-order valence-electron chi connectivity index (χ1n) is 5.18. The smallest absolute Gasteiger partial charge is 0.236 e. The van der Waals surface area contributed by atoms with Crippen molar-refractivity contribution in [2.24, 2.45) is 5.73 Å². The highest BCUT2D eigenvalue weighted by atomic mass is 32.2. The number of nitrogens with two attached hydrogens (primary N) is 1. The molecule has 0 saturated heterocycles. The SMILES string of the molecule is NC(=O)CNC(=O)CSc1nc2ccccc2s1. The van der Waals surface area contributed by atoms with E-state index in [-0.39, 0.29) is 18.2 Å². The zero-order valence-corrected chi connectivity index (χ0v) is 11.0. The van der Waals surface area contributed by atoms with Gasteiger partial charge < -0.3 is 11.1 Å². The maximum Gasteiger partial charge on any atom is 0.236 e. The van der Waals surface area contributed by atoms with Gasteiger partial charge in [0.2, 0.25) is 11.8 Å². The molecule has 0 radical (unpaired) electrons. The maximum atomic E-state index is 11.4. The normalized spacial score (nSPS) is 10.4. The van der Waals surface area contributed by atoms with Crippen molar-refractivity contribution in [3.8, 4) is 0 Å². The van der Waals surface area contributed by atoms with Crippen LogP contribution in [0.5, 0.6) is 0 Å². The van der Waals surface area contributed by atoms with Gasteiger partial charge in [-0.3, -0.25) is 9.59 Å². The highest BCUT2D eigenvalue weighted by Crippen LogP contribution is 2.28. The molecule has 0 spiro atoms. The minimum Gasteiger partial charge on any atom is -0.368 e. The second-order valence-corrected chi connectivity index (χ2v) is 5.73. The molecule has 0 bridgehead atoms. The molecule has 1 aromatic heterocycles. The zero-order valence-electron chi connectivity index (χ0n) is 9.38. The largest absolute Gasteiger partial charge is 0.368 e. The number of para-hydroxylation sites is 1. The highest BCUT2D eigenvalue weighted by molar-refractivity contribution is 8.01. The molecule has 2 rings (SSSR count). The molecule has 0 atom stereocenters. The average Bonchev–Trinajstić information content (AvgIpc) is 2.76. The van der Waals surface area contributed by atoms with E-state index in [2.05, 4.69) is 10.3 Å². The first kappa shape index (κ1) is 12.8. The molecule has 0 aliphatic rings. The van der Waals surface area contributed by atoms with Crippen molar-refractivity contribution in [3.05, 3.63) is 24.3 Å². The molecule has 5 nitrogen and oxygen atoms in total. The number of thiazole rings is 1. The molecule has 0 unspecified atom stereocenters. The van der Waals surface area contributed by atoms with Crippen LogP contribution in [0.1, 0.15) is 0 Å². The first-order valence-corrected chi connectivity index (χ1v) is 6.99. The maximum absolute atomic E-state index is 11.4. The number of nitrogens with one attached hydrogen (secondary N) is 1. The molecule has 94 valence electrons. The number of aromatic nitrogens is 1. The Balaban J connectivity index is 1.90. The molecule has 0 saturated carbocycles. The fraction of sp³-hybridized carbons (Fsp3) is 0.182. The molecule has 2 amide bonds. The van der Waals surface area contributed by atoms with Crippen LogP contribution in [0.3, 0.4) is 0 Å². The standard InChI is InChI=1S/C11H11N3O2S2/c12-9(15)5-13-10(16)6-17-11-14-7-3-1-2-4-8(7)18-11/h1-4H,5-6H2,(H2,12,15)(H,13,16). The van der Waals surface area contributed by atoms with E-state index in [4.69, 9.17) is 5.73 Å². The van der Waals surface area contributed by atoms with E-state index in [1.807, 2.05) is 24.3 Å². The lowest BCUT2D eigenvalue weighted by Crippen LogP contribution is -2.34. The summed E-state index contributed by atoms with van der Waals surface area (Å²) >= 11 is 2.89. The third kappa shape index (κ3) is 3.44. The van der Waals surface area contributed by atoms with Crippen molar-refractivity contribution in [1.82, 2.24) is 10.3 Å². The summed E-state index contributed by atoms with van der Waals surface area (Å²) in [5.41, 5.74) is 5.86. The van der Waals surface area contributed by atoms with Gasteiger partial charge in [-0.1, -0.05) is 23.9 Å². The number of primary amides is 1. The molecule has 3 N–H and O–H groups in total. The molecule has 18 heavy (non-hydrogen) atoms. The van der Waals surface area contributed by atoms with Crippen LogP contribution in [0.15, 0.2) is 28.6 Å². The topological polar surface area (TPSA) is 85.1 Å². The molecule has 0 fully saturated rings. The second kappa shape index (κ2) is 5.83. The van der Waals surface area contributed by atoms with Gasteiger partial charge in [0.05, 0.1) is 22.5 Å². The van der Waals surface area contributed by atoms with E-state index in [1.165, 1.54) is 11.8 Å². The van der Waals surface area contributed by atoms with Gasteiger partial charge in [-0.25, -0.2) is 4.98 Å². The molecule has 1 heterocycles. The van der Waals surface area contributed by atoms with E-state index in [0.717, 1.165) is 14.6 Å². The van der Waals surface area contributed by atoms with Crippen LogP contribution in [0, 0.1) is 0 Å². The summed E-state index contributed by atoms with van der Waals surface area (Å²) in [6.07, 6.45) is 0. The van der Waals surface area contributed by atoms with Gasteiger partial charge in [-0.15, -0.1) is 11.3 Å². The number of carbonyl (C=O) groups excluding carboxylic acids is 2. The van der Waals surface area contributed by atoms with E-state index in [9.17, 15) is 9.59 Å². The lowest BCUT2D eigenvalue weighted by atomic mass is 10.3. The number of hydrogen-bond donors (Lipinski definition) is 2. The number of fused-ring (bicyclic) bond motifs is 1. The molecular formula is C11H11N3O2S2. The van der Waals surface area contributed by atoms with E-state index >= 15 is 0 Å². The van der Waals surface area contributed by atoms with Crippen LogP contribution in [-0.4, -0.2) is 29.1 Å². The summed E-state index contributed by atoms with van der Waals surface area (Å²) in [5.74, 6) is -0.543. The third-order valence-electron chi connectivity index (χ3n) is 2.06. The quantitative estimate of drug-likeness (QED) is 0.800. The number of carbonyl (C=O) groups is 2. The minimum atomic E-state index is -0.548. The van der Waals surface area contributed by atoms with Crippen LogP contribution in [0.25, 0.3) is 10.2 Å². The number of thioether (sulfide) groups is 1. The lowest BCUT2D eigenvalue weighted by molar-refractivity contribution is -0.123. The Hall–Kier alpha value is -1.60. The van der Waals surface area contributed by atoms with Crippen LogP contribution >= 0.6 is 23.1 Å². The Bertz CT molecular complexity index is 549. The molecule has 2 aromatic rings. The number of rotatable bonds is 5. The predicted octanol–water partition coefficient (Wildman–Crippen LogP) is 0.990. The van der Waals surface area contributed by atoms with Crippen molar-refractivity contribution in [1.29, 1.82) is 0 Å². The van der Waals surface area contributed by atoms with Gasteiger partial charge in [0.25, 0.3) is 0 Å². The number of hydrogen-bond acceptors (Lipinski definition) is 5. The Morgan fingerprint density at radius 1 is 1.39 bits per heavy atom. The summed E-state index contributed by atoms with van der Waals surface area (Å²) in [4.78, 5) is 26.2. The fourth-order valence-corrected chi connectivity index (χ4v) is 3.18. The Kier molecular flexibility index (Phi) is 4.16. The summed E-state index contributed by atoms with van der Waals surface area (Å²) in [7, 11) is 0. The predicted molar refractivity (Wildman–Crippen MR) is 72.5 cm³/mol. The molecule has 0 aliphatic carbocycles. The summed E-state index contributed by atoms with van der Waals surface area (Å²) in [6, 6.07) is 7.80. The van der Waals surface area contributed by atoms with Gasteiger partial charge in [-0.2, -0.15) is 0 Å². The summed E-state index contributed by atoms with van der Waals surface area (Å²) < 4.78 is 1.93. The van der Waals surface area contributed by atoms with Gasteiger partial charge in [0, 0.05) is 0 Å². The Morgan fingerprint density at radius 3 is 2.89 bits per heavy atom. The Labute approximate surface area is 112 Å². The molecule has 0 aliphatic heterocycles. The van der Waals surface area contributed by atoms with Crippen molar-refractivity contribution >= 4 is 45.1 Å². The van der Waals surface area contributed by atoms with Crippen molar-refractivity contribution in [2.45, 2.75) is 4.34 Å². The summed E-state index contributed by atoms with van der Waals surface area (Å²) in [6.45, 7) is -0.126. The second-order valence-electron chi connectivity index (χ2n) is 3.48. The van der Waals surface area contributed by atoms with Crippen LogP contribution in [0.2, 0.25) is 0 Å². The average molecular weight is 281 g/mol. The van der Waals surface area contributed by atoms with Crippen LogP contribution in [0.4, 0.5) is 0 Å². The fourth-order valence-electron chi connectivity index (χ4n) is 1.28. The van der Waals surface area contributed by atoms with E-state index < -0.39 is 5.91 Å². The highest BCUT2D eigenvalue weighted by Gasteiger charge is 2.07. The Morgan fingerprint density at radius 2 is 2.17 bits per heavy atom. The van der Waals surface area contributed by atoms with Crippen molar-refractivity contribution in [2.75, 3.05) is 12.3 Å². The van der Waals surface area contributed by atoms with E-state index in [0.29, 0.717) is 0 Å². The van der Waals surface area contributed by atoms with Crippen LogP contribution < -0.4 is 11.1 Å². The lowest BCUT2D eigenvalue weighted by Gasteiger charge is -2.00. The van der Waals surface area contributed by atoms with E-state index in [1.54, 1.807) is 11.3 Å². The molecular weight excluding hydrogens is 270 g/mol. The van der Waals surface area contributed by atoms with Crippen molar-refractivity contribution < 1.29 is 9.59 Å². The molecule has 7 heteroatoms. The monoisotopic (exact) mass is 281 g/mol. The number of amides is 2. The van der Waals surface area contributed by atoms with Gasteiger partial charge in [0.1, 0.15) is 0 Å². The number of nitrogens with zero attached hydrogens (tertiary/aromatic N) is 1. The minimum absolute atomic E-state index is 0.126. The van der Waals surface area contributed by atoms with Crippen molar-refractivity contribution in [3.63, 3.8) is 0 Å². The van der Waals surface area contributed by atoms with Gasteiger partial charge in [-0.05, 0) is 12.1 Å². The number of benzene rings is 1. The summed E-state index contributed by atoms with van der Waals surface area (Å²) in [5, 5.41) is 2.43. The molecule has 1 aromatic carbocycles.